The van der Waals surface area contributed by atoms with Crippen LogP contribution in [0.5, 0.6) is 0 Å². The Bertz CT molecular complexity index is 722. The predicted molar refractivity (Wildman–Crippen MR) is 141 cm³/mol. The number of hydrogen-bond acceptors (Lipinski definition) is 3. The predicted octanol–water partition coefficient (Wildman–Crippen LogP) is 7.90. The van der Waals surface area contributed by atoms with E-state index in [1.54, 1.807) is 0 Å². The molecule has 33 heavy (non-hydrogen) atoms. The zero-order valence-corrected chi connectivity index (χ0v) is 23.4. The molecule has 5 rings (SSSR count). The Morgan fingerprint density at radius 1 is 1.00 bits per heavy atom. The molecule has 1 N–H and O–H groups in total. The molecule has 4 aliphatic carbocycles. The number of fused-ring (bicyclic) bond motifs is 6. The highest BCUT2D eigenvalue weighted by molar-refractivity contribution is 8.00. The van der Waals surface area contributed by atoms with Gasteiger partial charge in [-0.25, -0.2) is 0 Å². The first-order chi connectivity index (χ1) is 15.6. The molecule has 4 heteroatoms. The number of thioether (sulfide) groups is 1. The van der Waals surface area contributed by atoms with Gasteiger partial charge in [0.25, 0.3) is 0 Å². The van der Waals surface area contributed by atoms with Gasteiger partial charge in [0, 0.05) is 16.5 Å². The Labute approximate surface area is 212 Å². The minimum absolute atomic E-state index is 0.0685. The molecule has 190 valence electrons. The van der Waals surface area contributed by atoms with Crippen molar-refractivity contribution < 1.29 is 9.84 Å². The van der Waals surface area contributed by atoms with Crippen molar-refractivity contribution in [1.29, 1.82) is 0 Å². The van der Waals surface area contributed by atoms with E-state index in [0.717, 1.165) is 55.3 Å². The first-order valence-electron chi connectivity index (χ1n) is 14.2. The number of aliphatic hydroxyl groups is 1. The Balaban J connectivity index is 1.42. The van der Waals surface area contributed by atoms with E-state index in [-0.39, 0.29) is 10.8 Å². The summed E-state index contributed by atoms with van der Waals surface area (Å²) >= 11 is 8.66. The van der Waals surface area contributed by atoms with E-state index in [0.29, 0.717) is 23.7 Å². The van der Waals surface area contributed by atoms with Gasteiger partial charge in [-0.2, -0.15) is 0 Å². The lowest BCUT2D eigenvalue weighted by atomic mass is 9.42. The maximum absolute atomic E-state index is 12.5. The van der Waals surface area contributed by atoms with Crippen LogP contribution in [0.15, 0.2) is 0 Å². The highest BCUT2D eigenvalue weighted by Gasteiger charge is 2.73. The van der Waals surface area contributed by atoms with E-state index in [4.69, 9.17) is 16.3 Å². The minimum atomic E-state index is -0.789. The van der Waals surface area contributed by atoms with Crippen molar-refractivity contribution in [3.63, 3.8) is 0 Å². The van der Waals surface area contributed by atoms with Gasteiger partial charge in [-0.05, 0) is 92.3 Å². The van der Waals surface area contributed by atoms with E-state index in [1.807, 2.05) is 11.8 Å². The topological polar surface area (TPSA) is 29.5 Å². The summed E-state index contributed by atoms with van der Waals surface area (Å²) in [6, 6.07) is 0. The van der Waals surface area contributed by atoms with Crippen molar-refractivity contribution in [2.45, 2.75) is 121 Å². The average molecular weight is 497 g/mol. The first-order valence-corrected chi connectivity index (χ1v) is 15.6. The third-order valence-corrected chi connectivity index (χ3v) is 13.6. The molecule has 10 atom stereocenters. The minimum Gasteiger partial charge on any atom is -0.385 e. The summed E-state index contributed by atoms with van der Waals surface area (Å²) in [6.07, 6.45) is 13.5. The summed E-state index contributed by atoms with van der Waals surface area (Å²) in [6.45, 7) is 13.2. The van der Waals surface area contributed by atoms with Gasteiger partial charge in [0.15, 0.2) is 0 Å². The smallest absolute Gasteiger partial charge is 0.143 e. The summed E-state index contributed by atoms with van der Waals surface area (Å²) in [5.74, 6) is 5.66. The molecule has 4 saturated carbocycles. The molecule has 5 aliphatic rings. The number of hydrogen-bond donors (Lipinski definition) is 1. The third-order valence-electron chi connectivity index (χ3n) is 11.8. The van der Waals surface area contributed by atoms with E-state index in [9.17, 15) is 5.11 Å². The van der Waals surface area contributed by atoms with Crippen LogP contribution in [0.2, 0.25) is 0 Å². The van der Waals surface area contributed by atoms with Crippen LogP contribution in [0.3, 0.4) is 0 Å². The molecule has 0 bridgehead atoms. The second-order valence-corrected chi connectivity index (χ2v) is 15.7. The fourth-order valence-electron chi connectivity index (χ4n) is 10.1. The molecule has 0 amide bonds. The van der Waals surface area contributed by atoms with Crippen molar-refractivity contribution in [1.82, 2.24) is 0 Å². The van der Waals surface area contributed by atoms with Crippen LogP contribution in [0.1, 0.15) is 105 Å². The summed E-state index contributed by atoms with van der Waals surface area (Å²) in [5, 5.41) is 12.5. The van der Waals surface area contributed by atoms with Gasteiger partial charge in [0.2, 0.25) is 0 Å². The third kappa shape index (κ3) is 3.71. The molecule has 0 aromatic rings. The van der Waals surface area contributed by atoms with Crippen molar-refractivity contribution in [3.8, 4) is 0 Å². The number of alkyl halides is 1. The van der Waals surface area contributed by atoms with Crippen LogP contribution in [-0.2, 0) is 4.74 Å². The lowest BCUT2D eigenvalue weighted by Gasteiger charge is -2.68. The fraction of sp³-hybridized carbons (Fsp3) is 1.00. The normalized spacial score (nSPS) is 52.5. The van der Waals surface area contributed by atoms with Gasteiger partial charge in [-0.3, -0.25) is 0 Å². The lowest BCUT2D eigenvalue weighted by molar-refractivity contribution is -0.272. The highest BCUT2D eigenvalue weighted by Crippen LogP contribution is 2.73. The zero-order valence-electron chi connectivity index (χ0n) is 21.9. The Morgan fingerprint density at radius 2 is 1.79 bits per heavy atom. The van der Waals surface area contributed by atoms with Crippen LogP contribution in [0.25, 0.3) is 0 Å². The average Bonchev–Trinajstić information content (AvgIpc) is 3.35. The summed E-state index contributed by atoms with van der Waals surface area (Å²) in [5.41, 5.74) is -0.387. The molecular formula is C29H49ClO2S. The molecule has 1 heterocycles. The van der Waals surface area contributed by atoms with Gasteiger partial charge in [-0.1, -0.05) is 53.9 Å². The molecule has 0 aromatic heterocycles. The summed E-state index contributed by atoms with van der Waals surface area (Å²) < 4.78 is 6.60. The number of ether oxygens (including phenoxy) is 1. The molecule has 0 unspecified atom stereocenters. The Kier molecular flexibility index (Phi) is 6.76. The van der Waals surface area contributed by atoms with E-state index < -0.39 is 10.5 Å². The van der Waals surface area contributed by atoms with Gasteiger partial charge >= 0.3 is 0 Å². The van der Waals surface area contributed by atoms with Crippen molar-refractivity contribution in [3.05, 3.63) is 0 Å². The number of halogens is 1. The molecule has 1 spiro atoms. The van der Waals surface area contributed by atoms with Crippen molar-refractivity contribution in [2.75, 3.05) is 12.4 Å². The Morgan fingerprint density at radius 3 is 2.48 bits per heavy atom. The monoisotopic (exact) mass is 496 g/mol. The molecule has 1 saturated heterocycles. The summed E-state index contributed by atoms with van der Waals surface area (Å²) in [4.78, 5) is -0.435. The molecular weight excluding hydrogens is 448 g/mol. The van der Waals surface area contributed by atoms with Crippen LogP contribution in [0.4, 0.5) is 0 Å². The summed E-state index contributed by atoms with van der Waals surface area (Å²) in [7, 11) is 0. The molecule has 0 radical (unpaired) electrons. The molecule has 5 fully saturated rings. The molecule has 0 aromatic carbocycles. The maximum atomic E-state index is 12.5. The second kappa shape index (κ2) is 8.84. The van der Waals surface area contributed by atoms with E-state index >= 15 is 0 Å². The quantitative estimate of drug-likeness (QED) is 0.392. The van der Waals surface area contributed by atoms with Crippen LogP contribution < -0.4 is 0 Å². The van der Waals surface area contributed by atoms with E-state index in [1.165, 1.54) is 44.9 Å². The van der Waals surface area contributed by atoms with Crippen LogP contribution >= 0.6 is 23.4 Å². The second-order valence-electron chi connectivity index (χ2n) is 13.7. The highest BCUT2D eigenvalue weighted by atomic mass is 35.5. The van der Waals surface area contributed by atoms with Gasteiger partial charge < -0.3 is 9.84 Å². The van der Waals surface area contributed by atoms with Gasteiger partial charge in [0.05, 0.1) is 6.61 Å². The van der Waals surface area contributed by atoms with Crippen molar-refractivity contribution in [2.24, 2.45) is 46.3 Å². The molecule has 2 nitrogen and oxygen atoms in total. The standard InChI is InChI=1S/C29H49ClO2S/c1-19(2)7-6-8-20(3)23-9-10-24-22-18-29(32-15-16-33-29)28(31)17-21(30)11-14-27(28,5)25(22)12-13-26(23,24)4/h19-25,31H,6-18H2,1-5H3/t20-,21+,22+,23-,24+,25+,26-,27-,28-,29+/m1/s1. The van der Waals surface area contributed by atoms with Crippen molar-refractivity contribution >= 4 is 23.4 Å². The largest absolute Gasteiger partial charge is 0.385 e. The maximum Gasteiger partial charge on any atom is 0.143 e. The molecule has 1 aliphatic heterocycles. The first kappa shape index (κ1) is 25.2. The van der Waals surface area contributed by atoms with Gasteiger partial charge in [0.1, 0.15) is 10.5 Å². The SMILES string of the molecule is CC(C)CCC[C@@H](C)[C@H]1CC[C@H]2[C@@H]3C[C@@]4(OCCS4)[C@@]4(O)C[C@@H](Cl)CC[C@]4(C)[C@H]3CC[C@]12C. The van der Waals surface area contributed by atoms with Crippen LogP contribution in [-0.4, -0.2) is 33.4 Å². The lowest BCUT2D eigenvalue weighted by Crippen LogP contribution is -2.72. The zero-order chi connectivity index (χ0) is 23.6. The van der Waals surface area contributed by atoms with Crippen LogP contribution in [0, 0.1) is 46.3 Å². The van der Waals surface area contributed by atoms with Gasteiger partial charge in [-0.15, -0.1) is 23.4 Å². The van der Waals surface area contributed by atoms with E-state index in [2.05, 4.69) is 34.6 Å². The fourth-order valence-corrected chi connectivity index (χ4v) is 11.9. The Hall–Kier alpha value is 0.560. The number of rotatable bonds is 5.